The van der Waals surface area contributed by atoms with Gasteiger partial charge in [-0.3, -0.25) is 9.59 Å². The summed E-state index contributed by atoms with van der Waals surface area (Å²) in [6.07, 6.45) is 3.55. The van der Waals surface area contributed by atoms with Gasteiger partial charge in [-0.15, -0.1) is 0 Å². The normalized spacial score (nSPS) is 19.6. The molecule has 6 heteroatoms. The Kier molecular flexibility index (Phi) is 4.26. The number of benzene rings is 1. The lowest BCUT2D eigenvalue weighted by Crippen LogP contribution is -2.43. The van der Waals surface area contributed by atoms with E-state index in [1.807, 2.05) is 38.1 Å². The van der Waals surface area contributed by atoms with Gasteiger partial charge in [0.1, 0.15) is 11.8 Å². The number of anilines is 1. The van der Waals surface area contributed by atoms with Gasteiger partial charge < -0.3 is 14.6 Å². The van der Waals surface area contributed by atoms with Crippen LogP contribution < -0.4 is 5.32 Å². The number of oxazole rings is 1. The molecule has 0 spiro atoms. The molecule has 1 saturated carbocycles. The first-order chi connectivity index (χ1) is 12.5. The number of carbonyl (C=O) groups excluding carboxylic acids is 2. The van der Waals surface area contributed by atoms with Crippen LogP contribution in [0.2, 0.25) is 0 Å². The summed E-state index contributed by atoms with van der Waals surface area (Å²) >= 11 is 0. The molecule has 1 unspecified atom stereocenters. The number of nitrogens with one attached hydrogen (secondary N) is 1. The third-order valence-electron chi connectivity index (χ3n) is 5.19. The van der Waals surface area contributed by atoms with Crippen LogP contribution in [0, 0.1) is 19.8 Å². The average Bonchev–Trinajstić information content (AvgIpc) is 3.27. The highest BCUT2D eigenvalue weighted by Crippen LogP contribution is 2.34. The fraction of sp³-hybridized carbons (Fsp3) is 0.450. The van der Waals surface area contributed by atoms with Gasteiger partial charge in [0.05, 0.1) is 5.69 Å². The summed E-state index contributed by atoms with van der Waals surface area (Å²) in [5.41, 5.74) is 2.45. The summed E-state index contributed by atoms with van der Waals surface area (Å²) < 4.78 is 5.63. The largest absolute Gasteiger partial charge is 0.441 e. The lowest BCUT2D eigenvalue weighted by atomic mass is 10.1. The van der Waals surface area contributed by atoms with E-state index in [-0.39, 0.29) is 23.8 Å². The standard InChI is InChI=1S/C20H23N3O3/c1-12-13(2)26-19(21-12)14-7-9-16(10-8-14)22-18(24)17-4-3-11-23(17)20(25)15-5-6-15/h7-10,15,17H,3-6,11H2,1-2H3,(H,22,24). The quantitative estimate of drug-likeness (QED) is 0.915. The summed E-state index contributed by atoms with van der Waals surface area (Å²) in [6, 6.07) is 7.08. The highest BCUT2D eigenvalue weighted by atomic mass is 16.4. The van der Waals surface area contributed by atoms with Gasteiger partial charge in [-0.1, -0.05) is 0 Å². The van der Waals surface area contributed by atoms with Crippen LogP contribution in [0.5, 0.6) is 0 Å². The van der Waals surface area contributed by atoms with Crippen molar-refractivity contribution in [3.63, 3.8) is 0 Å². The smallest absolute Gasteiger partial charge is 0.247 e. The molecule has 1 aromatic carbocycles. The van der Waals surface area contributed by atoms with Crippen LogP contribution in [-0.4, -0.2) is 34.3 Å². The van der Waals surface area contributed by atoms with Crippen molar-refractivity contribution in [3.05, 3.63) is 35.7 Å². The van der Waals surface area contributed by atoms with Crippen molar-refractivity contribution in [3.8, 4) is 11.5 Å². The average molecular weight is 353 g/mol. The topological polar surface area (TPSA) is 75.4 Å². The molecule has 1 atom stereocenters. The summed E-state index contributed by atoms with van der Waals surface area (Å²) in [7, 11) is 0. The third-order valence-corrected chi connectivity index (χ3v) is 5.19. The van der Waals surface area contributed by atoms with Crippen molar-refractivity contribution in [1.82, 2.24) is 9.88 Å². The fourth-order valence-corrected chi connectivity index (χ4v) is 3.39. The Labute approximate surface area is 152 Å². The van der Waals surface area contributed by atoms with Crippen LogP contribution in [0.15, 0.2) is 28.7 Å². The maximum absolute atomic E-state index is 12.6. The number of rotatable bonds is 4. The number of likely N-dealkylation sites (tertiary alicyclic amines) is 1. The van der Waals surface area contributed by atoms with Gasteiger partial charge in [-0.25, -0.2) is 4.98 Å². The van der Waals surface area contributed by atoms with Gasteiger partial charge in [0.15, 0.2) is 0 Å². The van der Waals surface area contributed by atoms with Gasteiger partial charge >= 0.3 is 0 Å². The van der Waals surface area contributed by atoms with E-state index in [4.69, 9.17) is 4.42 Å². The minimum Gasteiger partial charge on any atom is -0.441 e. The number of hydrogen-bond acceptors (Lipinski definition) is 4. The Hall–Kier alpha value is -2.63. The zero-order chi connectivity index (χ0) is 18.3. The molecule has 0 bridgehead atoms. The van der Waals surface area contributed by atoms with Crippen molar-refractivity contribution < 1.29 is 14.0 Å². The van der Waals surface area contributed by atoms with E-state index in [2.05, 4.69) is 10.3 Å². The van der Waals surface area contributed by atoms with Gasteiger partial charge in [0.25, 0.3) is 0 Å². The Morgan fingerprint density at radius 1 is 1.15 bits per heavy atom. The molecule has 2 heterocycles. The number of amides is 2. The molecule has 4 rings (SSSR count). The lowest BCUT2D eigenvalue weighted by Gasteiger charge is -2.24. The molecule has 1 aromatic heterocycles. The Morgan fingerprint density at radius 2 is 1.88 bits per heavy atom. The molecular weight excluding hydrogens is 330 g/mol. The number of hydrogen-bond donors (Lipinski definition) is 1. The van der Waals surface area contributed by atoms with Crippen molar-refractivity contribution in [2.75, 3.05) is 11.9 Å². The van der Waals surface area contributed by atoms with E-state index in [9.17, 15) is 9.59 Å². The zero-order valence-corrected chi connectivity index (χ0v) is 15.1. The van der Waals surface area contributed by atoms with Gasteiger partial charge in [0, 0.05) is 23.7 Å². The van der Waals surface area contributed by atoms with Crippen LogP contribution in [0.25, 0.3) is 11.5 Å². The van der Waals surface area contributed by atoms with E-state index in [1.165, 1.54) is 0 Å². The first-order valence-electron chi connectivity index (χ1n) is 9.19. The van der Waals surface area contributed by atoms with Crippen LogP contribution in [-0.2, 0) is 9.59 Å². The molecular formula is C20H23N3O3. The molecule has 1 N–H and O–H groups in total. The van der Waals surface area contributed by atoms with Crippen molar-refractivity contribution in [2.45, 2.75) is 45.6 Å². The van der Waals surface area contributed by atoms with Crippen LogP contribution in [0.3, 0.4) is 0 Å². The number of carbonyl (C=O) groups is 2. The summed E-state index contributed by atoms with van der Waals surface area (Å²) in [6.45, 7) is 4.49. The van der Waals surface area contributed by atoms with E-state index < -0.39 is 0 Å². The molecule has 1 saturated heterocycles. The highest BCUT2D eigenvalue weighted by Gasteiger charge is 2.40. The maximum atomic E-state index is 12.6. The maximum Gasteiger partial charge on any atom is 0.247 e. The van der Waals surface area contributed by atoms with E-state index >= 15 is 0 Å². The number of aryl methyl sites for hydroxylation is 2. The summed E-state index contributed by atoms with van der Waals surface area (Å²) in [5.74, 6) is 1.57. The number of nitrogens with zero attached hydrogens (tertiary/aromatic N) is 2. The first kappa shape index (κ1) is 16.8. The van der Waals surface area contributed by atoms with Crippen LogP contribution in [0.4, 0.5) is 5.69 Å². The van der Waals surface area contributed by atoms with E-state index in [1.54, 1.807) is 4.90 Å². The molecule has 2 amide bonds. The molecule has 26 heavy (non-hydrogen) atoms. The molecule has 2 aliphatic rings. The Bertz CT molecular complexity index is 817. The first-order valence-corrected chi connectivity index (χ1v) is 9.19. The SMILES string of the molecule is Cc1nc(-c2ccc(NC(=O)C3CCCN3C(=O)C3CC3)cc2)oc1C. The highest BCUT2D eigenvalue weighted by molar-refractivity contribution is 5.98. The monoisotopic (exact) mass is 353 g/mol. The van der Waals surface area contributed by atoms with Crippen molar-refractivity contribution >= 4 is 17.5 Å². The minimum atomic E-state index is -0.347. The molecule has 136 valence electrons. The molecule has 0 radical (unpaired) electrons. The van der Waals surface area contributed by atoms with E-state index in [0.29, 0.717) is 18.1 Å². The lowest BCUT2D eigenvalue weighted by molar-refractivity contribution is -0.137. The van der Waals surface area contributed by atoms with Crippen molar-refractivity contribution in [1.29, 1.82) is 0 Å². The zero-order valence-electron chi connectivity index (χ0n) is 15.1. The van der Waals surface area contributed by atoms with Gasteiger partial charge in [0.2, 0.25) is 17.7 Å². The fourth-order valence-electron chi connectivity index (χ4n) is 3.39. The molecule has 1 aliphatic carbocycles. The number of aromatic nitrogens is 1. The Balaban J connectivity index is 1.43. The molecule has 2 aromatic rings. The van der Waals surface area contributed by atoms with Crippen LogP contribution in [0.1, 0.15) is 37.1 Å². The van der Waals surface area contributed by atoms with Gasteiger partial charge in [-0.05, 0) is 63.8 Å². The second-order valence-electron chi connectivity index (χ2n) is 7.19. The van der Waals surface area contributed by atoms with Gasteiger partial charge in [-0.2, -0.15) is 0 Å². The summed E-state index contributed by atoms with van der Waals surface area (Å²) in [4.78, 5) is 31.1. The molecule has 6 nitrogen and oxygen atoms in total. The Morgan fingerprint density at radius 3 is 2.50 bits per heavy atom. The second-order valence-corrected chi connectivity index (χ2v) is 7.19. The third kappa shape index (κ3) is 3.23. The molecule has 1 aliphatic heterocycles. The second kappa shape index (κ2) is 6.59. The van der Waals surface area contributed by atoms with Crippen LogP contribution >= 0.6 is 0 Å². The predicted molar refractivity (Wildman–Crippen MR) is 97.5 cm³/mol. The predicted octanol–water partition coefficient (Wildman–Crippen LogP) is 3.30. The van der Waals surface area contributed by atoms with Crippen molar-refractivity contribution in [2.24, 2.45) is 5.92 Å². The minimum absolute atomic E-state index is 0.105. The molecule has 2 fully saturated rings. The summed E-state index contributed by atoms with van der Waals surface area (Å²) in [5, 5.41) is 2.94. The van der Waals surface area contributed by atoms with E-state index in [0.717, 1.165) is 42.7 Å².